The van der Waals surface area contributed by atoms with Gasteiger partial charge in [0.2, 0.25) is 0 Å². The molecule has 0 aliphatic heterocycles. The molecule has 1 N–H and O–H groups in total. The Hall–Kier alpha value is -4.69. The molecule has 5 aromatic rings. The van der Waals surface area contributed by atoms with E-state index in [9.17, 15) is 4.79 Å². The normalized spacial score (nSPS) is 10.8. The molecule has 1 amide bonds. The maximum absolute atomic E-state index is 13.2. The van der Waals surface area contributed by atoms with Crippen LogP contribution in [0, 0.1) is 0 Å². The van der Waals surface area contributed by atoms with Gasteiger partial charge in [-0.05, 0) is 59.7 Å². The van der Waals surface area contributed by atoms with Crippen LogP contribution in [0.1, 0.15) is 21.5 Å². The number of ether oxygens (including phenoxy) is 4. The summed E-state index contributed by atoms with van der Waals surface area (Å²) in [4.78, 5) is 17.3. The lowest BCUT2D eigenvalue weighted by Gasteiger charge is -2.17. The summed E-state index contributed by atoms with van der Waals surface area (Å²) in [5.74, 6) is 1.94. The molecule has 0 saturated carbocycles. The van der Waals surface area contributed by atoms with Crippen molar-refractivity contribution in [1.29, 1.82) is 0 Å². The van der Waals surface area contributed by atoms with Crippen LogP contribution in [0.2, 0.25) is 5.02 Å². The van der Waals surface area contributed by atoms with Crippen molar-refractivity contribution >= 4 is 28.4 Å². The molecule has 0 aliphatic carbocycles. The summed E-state index contributed by atoms with van der Waals surface area (Å²) in [6, 6.07) is 22.4. The second-order valence-electron chi connectivity index (χ2n) is 9.23. The molecular formula is C32H30ClN3O5. The zero-order valence-electron chi connectivity index (χ0n) is 22.8. The molecule has 0 spiro atoms. The first-order valence-corrected chi connectivity index (χ1v) is 13.4. The Balaban J connectivity index is 1.31. The number of benzene rings is 3. The van der Waals surface area contributed by atoms with Crippen LogP contribution in [0.15, 0.2) is 91.4 Å². The molecule has 41 heavy (non-hydrogen) atoms. The number of nitrogens with zero attached hydrogens (tertiary/aromatic N) is 2. The van der Waals surface area contributed by atoms with E-state index in [1.807, 2.05) is 73.1 Å². The highest BCUT2D eigenvalue weighted by molar-refractivity contribution is 6.35. The molecule has 9 heteroatoms. The van der Waals surface area contributed by atoms with Crippen molar-refractivity contribution in [3.05, 3.63) is 113 Å². The van der Waals surface area contributed by atoms with Gasteiger partial charge >= 0.3 is 0 Å². The van der Waals surface area contributed by atoms with Crippen LogP contribution < -0.4 is 24.3 Å². The van der Waals surface area contributed by atoms with Gasteiger partial charge in [-0.25, -0.2) is 0 Å². The minimum Gasteiger partial charge on any atom is -0.497 e. The van der Waals surface area contributed by atoms with E-state index in [1.54, 1.807) is 32.5 Å². The third kappa shape index (κ3) is 6.73. The average Bonchev–Trinajstić information content (AvgIpc) is 3.43. The molecule has 210 valence electrons. The van der Waals surface area contributed by atoms with Crippen LogP contribution in [0.4, 0.5) is 0 Å². The van der Waals surface area contributed by atoms with E-state index in [4.69, 9.17) is 30.5 Å². The van der Waals surface area contributed by atoms with Gasteiger partial charge in [-0.1, -0.05) is 35.9 Å². The molecule has 0 aliphatic rings. The van der Waals surface area contributed by atoms with E-state index in [0.29, 0.717) is 30.2 Å². The summed E-state index contributed by atoms with van der Waals surface area (Å²) in [5.41, 5.74) is 3.21. The first-order valence-electron chi connectivity index (χ1n) is 13.1. The number of nitrogens with one attached hydrogen (secondary N) is 1. The Bertz CT molecular complexity index is 1620. The predicted octanol–water partition coefficient (Wildman–Crippen LogP) is 6.29. The fourth-order valence-electron chi connectivity index (χ4n) is 4.34. The molecule has 8 nitrogen and oxygen atoms in total. The van der Waals surface area contributed by atoms with Crippen LogP contribution in [0.5, 0.6) is 23.0 Å². The van der Waals surface area contributed by atoms with Crippen LogP contribution in [0.25, 0.3) is 10.9 Å². The molecule has 0 unspecified atom stereocenters. The Morgan fingerprint density at radius 3 is 2.17 bits per heavy atom. The minimum atomic E-state index is -0.302. The molecule has 0 saturated heterocycles. The third-order valence-electron chi connectivity index (χ3n) is 6.61. The summed E-state index contributed by atoms with van der Waals surface area (Å²) in [7, 11) is 3.24. The monoisotopic (exact) mass is 571 g/mol. The summed E-state index contributed by atoms with van der Waals surface area (Å²) >= 11 is 6.79. The largest absolute Gasteiger partial charge is 0.497 e. The van der Waals surface area contributed by atoms with Crippen LogP contribution in [-0.2, 0) is 19.8 Å². The van der Waals surface area contributed by atoms with Crippen molar-refractivity contribution in [2.45, 2.75) is 19.8 Å². The molecule has 0 fully saturated rings. The highest BCUT2D eigenvalue weighted by Crippen LogP contribution is 2.39. The van der Waals surface area contributed by atoms with Gasteiger partial charge in [0, 0.05) is 37.1 Å². The quantitative estimate of drug-likeness (QED) is 0.189. The summed E-state index contributed by atoms with van der Waals surface area (Å²) < 4.78 is 24.8. The number of rotatable bonds is 12. The first-order chi connectivity index (χ1) is 20.1. The molecule has 0 bridgehead atoms. The molecule has 2 aromatic heterocycles. The SMILES string of the molecule is COc1ccc(COc2ccc(C(=O)NCCn3ccc4cnccc43)c(Cl)c2OCc2ccc(OC)cc2)cc1. The summed E-state index contributed by atoms with van der Waals surface area (Å²) in [6.45, 7) is 1.52. The second-order valence-corrected chi connectivity index (χ2v) is 9.61. The van der Waals surface area contributed by atoms with E-state index < -0.39 is 0 Å². The topological polar surface area (TPSA) is 83.8 Å². The Labute approximate surface area is 243 Å². The van der Waals surface area contributed by atoms with Gasteiger partial charge in [-0.2, -0.15) is 0 Å². The van der Waals surface area contributed by atoms with E-state index in [1.165, 1.54) is 0 Å². The van der Waals surface area contributed by atoms with E-state index in [2.05, 4.69) is 14.9 Å². The van der Waals surface area contributed by atoms with E-state index in [-0.39, 0.29) is 24.1 Å². The fourth-order valence-corrected chi connectivity index (χ4v) is 4.64. The van der Waals surface area contributed by atoms with Crippen molar-refractivity contribution in [2.24, 2.45) is 0 Å². The lowest BCUT2D eigenvalue weighted by Crippen LogP contribution is -2.27. The molecular weight excluding hydrogens is 542 g/mol. The smallest absolute Gasteiger partial charge is 0.253 e. The van der Waals surface area contributed by atoms with Crippen molar-refractivity contribution in [2.75, 3.05) is 20.8 Å². The number of methoxy groups -OCH3 is 2. The summed E-state index contributed by atoms with van der Waals surface area (Å²) in [5, 5.41) is 4.19. The number of hydrogen-bond acceptors (Lipinski definition) is 6. The Morgan fingerprint density at radius 2 is 1.51 bits per heavy atom. The van der Waals surface area contributed by atoms with Crippen molar-refractivity contribution < 1.29 is 23.7 Å². The predicted molar refractivity (Wildman–Crippen MR) is 158 cm³/mol. The highest BCUT2D eigenvalue weighted by atomic mass is 35.5. The Morgan fingerprint density at radius 1 is 0.854 bits per heavy atom. The standard InChI is InChI=1S/C32H30ClN3O5/c1-38-25-7-3-22(4-8-25)20-40-29-12-11-27(30(33)31(29)41-21-23-5-9-26(39-2)10-6-23)32(37)35-16-18-36-17-14-24-19-34-15-13-28(24)36/h3-15,17,19H,16,18,20-21H2,1-2H3,(H,35,37). The van der Waals surface area contributed by atoms with Crippen LogP contribution >= 0.6 is 11.6 Å². The number of amides is 1. The van der Waals surface area contributed by atoms with Gasteiger partial charge in [-0.3, -0.25) is 9.78 Å². The van der Waals surface area contributed by atoms with Crippen molar-refractivity contribution in [3.63, 3.8) is 0 Å². The van der Waals surface area contributed by atoms with Crippen molar-refractivity contribution in [1.82, 2.24) is 14.9 Å². The summed E-state index contributed by atoms with van der Waals surface area (Å²) in [6.07, 6.45) is 5.55. The maximum atomic E-state index is 13.2. The van der Waals surface area contributed by atoms with Gasteiger partial charge in [0.25, 0.3) is 5.91 Å². The van der Waals surface area contributed by atoms with Crippen LogP contribution in [0.3, 0.4) is 0 Å². The zero-order valence-corrected chi connectivity index (χ0v) is 23.6. The number of aromatic nitrogens is 2. The zero-order chi connectivity index (χ0) is 28.6. The second kappa shape index (κ2) is 13.1. The van der Waals surface area contributed by atoms with Gasteiger partial charge in [0.15, 0.2) is 11.5 Å². The third-order valence-corrected chi connectivity index (χ3v) is 6.99. The lowest BCUT2D eigenvalue weighted by atomic mass is 10.1. The number of pyridine rings is 1. The van der Waals surface area contributed by atoms with Gasteiger partial charge < -0.3 is 28.8 Å². The fraction of sp³-hybridized carbons (Fsp3) is 0.188. The minimum absolute atomic E-state index is 0.181. The van der Waals surface area contributed by atoms with E-state index in [0.717, 1.165) is 33.5 Å². The lowest BCUT2D eigenvalue weighted by molar-refractivity contribution is 0.0952. The maximum Gasteiger partial charge on any atom is 0.253 e. The van der Waals surface area contributed by atoms with Gasteiger partial charge in [-0.15, -0.1) is 0 Å². The Kier molecular flexibility index (Phi) is 8.91. The number of hydrogen-bond donors (Lipinski definition) is 1. The van der Waals surface area contributed by atoms with Gasteiger partial charge in [0.05, 0.1) is 30.3 Å². The molecule has 2 heterocycles. The number of halogens is 1. The molecule has 0 radical (unpaired) electrons. The first kappa shape index (κ1) is 27.9. The van der Waals surface area contributed by atoms with Crippen molar-refractivity contribution in [3.8, 4) is 23.0 Å². The molecule has 5 rings (SSSR count). The van der Waals surface area contributed by atoms with E-state index >= 15 is 0 Å². The molecule has 0 atom stereocenters. The molecule has 3 aromatic carbocycles. The van der Waals surface area contributed by atoms with Crippen LogP contribution in [-0.4, -0.2) is 36.2 Å². The number of carbonyl (C=O) groups is 1. The average molecular weight is 572 g/mol. The van der Waals surface area contributed by atoms with Gasteiger partial charge in [0.1, 0.15) is 24.7 Å². The number of carbonyl (C=O) groups excluding carboxylic acids is 1. The highest BCUT2D eigenvalue weighted by Gasteiger charge is 2.20. The number of fused-ring (bicyclic) bond motifs is 1.